The molecule has 0 N–H and O–H groups in total. The van der Waals surface area contributed by atoms with Crippen molar-refractivity contribution in [2.45, 2.75) is 26.7 Å². The van der Waals surface area contributed by atoms with E-state index in [1.54, 1.807) is 15.8 Å². The number of benzene rings is 1. The molecule has 0 spiro atoms. The van der Waals surface area contributed by atoms with Crippen molar-refractivity contribution in [3.8, 4) is 5.69 Å². The summed E-state index contributed by atoms with van der Waals surface area (Å²) < 4.78 is 2.82. The highest BCUT2D eigenvalue weighted by atomic mass is 79.9. The molecule has 112 valence electrons. The molecule has 0 saturated carbocycles. The summed E-state index contributed by atoms with van der Waals surface area (Å²) in [7, 11) is 1.84. The van der Waals surface area contributed by atoms with Crippen molar-refractivity contribution < 1.29 is 4.79 Å². The number of amides is 1. The molecule has 2 rings (SSSR count). The minimum absolute atomic E-state index is 0.0318. The first kappa shape index (κ1) is 15.8. The van der Waals surface area contributed by atoms with Crippen LogP contribution in [0, 0.1) is 6.92 Å². The third-order valence-corrected chi connectivity index (χ3v) is 4.03. The van der Waals surface area contributed by atoms with Crippen LogP contribution in [-0.4, -0.2) is 34.2 Å². The van der Waals surface area contributed by atoms with Crippen molar-refractivity contribution in [3.05, 3.63) is 46.2 Å². The standard InChI is InChI=1S/C16H20BrN3O/c1-4-5-10-19(3)16(21)15-11-18-20(12(15)2)14-8-6-13(17)7-9-14/h6-9,11H,4-5,10H2,1-3H3. The molecule has 4 nitrogen and oxygen atoms in total. The second-order valence-electron chi connectivity index (χ2n) is 5.11. The maximum atomic E-state index is 12.4. The fraction of sp³-hybridized carbons (Fsp3) is 0.375. The van der Waals surface area contributed by atoms with Crippen LogP contribution in [0.1, 0.15) is 35.8 Å². The molecule has 1 amide bonds. The molecule has 0 saturated heterocycles. The predicted octanol–water partition coefficient (Wildman–Crippen LogP) is 3.82. The van der Waals surface area contributed by atoms with Crippen molar-refractivity contribution in [2.24, 2.45) is 0 Å². The highest BCUT2D eigenvalue weighted by Crippen LogP contribution is 2.18. The van der Waals surface area contributed by atoms with Crippen LogP contribution in [0.15, 0.2) is 34.9 Å². The Morgan fingerprint density at radius 1 is 1.33 bits per heavy atom. The summed E-state index contributed by atoms with van der Waals surface area (Å²) in [5, 5.41) is 4.35. The molecule has 0 radical (unpaired) electrons. The molecule has 0 bridgehead atoms. The zero-order valence-corrected chi connectivity index (χ0v) is 14.2. The summed E-state index contributed by atoms with van der Waals surface area (Å²) in [6.07, 6.45) is 3.75. The van der Waals surface area contributed by atoms with E-state index >= 15 is 0 Å². The number of hydrogen-bond donors (Lipinski definition) is 0. The van der Waals surface area contributed by atoms with Gasteiger partial charge in [0.25, 0.3) is 5.91 Å². The molecule has 5 heteroatoms. The lowest BCUT2D eigenvalue weighted by molar-refractivity contribution is 0.0792. The number of hydrogen-bond acceptors (Lipinski definition) is 2. The molecule has 1 aromatic carbocycles. The van der Waals surface area contributed by atoms with E-state index in [4.69, 9.17) is 0 Å². The summed E-state index contributed by atoms with van der Waals surface area (Å²) in [4.78, 5) is 14.2. The van der Waals surface area contributed by atoms with Crippen molar-refractivity contribution in [1.29, 1.82) is 0 Å². The fourth-order valence-electron chi connectivity index (χ4n) is 2.16. The van der Waals surface area contributed by atoms with Crippen molar-refractivity contribution in [3.63, 3.8) is 0 Å². The van der Waals surface area contributed by atoms with E-state index in [-0.39, 0.29) is 5.91 Å². The van der Waals surface area contributed by atoms with Crippen LogP contribution in [0.25, 0.3) is 5.69 Å². The molecular formula is C16H20BrN3O. The number of aromatic nitrogens is 2. The second kappa shape index (κ2) is 6.89. The predicted molar refractivity (Wildman–Crippen MR) is 87.9 cm³/mol. The molecule has 0 atom stereocenters. The Bertz CT molecular complexity index is 619. The maximum Gasteiger partial charge on any atom is 0.257 e. The zero-order chi connectivity index (χ0) is 15.4. The van der Waals surface area contributed by atoms with Gasteiger partial charge in [-0.05, 0) is 37.6 Å². The second-order valence-corrected chi connectivity index (χ2v) is 6.03. The summed E-state index contributed by atoms with van der Waals surface area (Å²) >= 11 is 3.42. The highest BCUT2D eigenvalue weighted by molar-refractivity contribution is 9.10. The summed E-state index contributed by atoms with van der Waals surface area (Å²) in [5.41, 5.74) is 2.48. The molecule has 0 aliphatic heterocycles. The van der Waals surface area contributed by atoms with Crippen molar-refractivity contribution >= 4 is 21.8 Å². The quantitative estimate of drug-likeness (QED) is 0.822. The zero-order valence-electron chi connectivity index (χ0n) is 12.6. The smallest absolute Gasteiger partial charge is 0.257 e. The molecule has 1 aromatic heterocycles. The van der Waals surface area contributed by atoms with Gasteiger partial charge in [-0.15, -0.1) is 0 Å². The van der Waals surface area contributed by atoms with Gasteiger partial charge in [0.1, 0.15) is 0 Å². The van der Waals surface area contributed by atoms with E-state index < -0.39 is 0 Å². The van der Waals surface area contributed by atoms with E-state index in [9.17, 15) is 4.79 Å². The van der Waals surface area contributed by atoms with Gasteiger partial charge in [-0.25, -0.2) is 4.68 Å². The van der Waals surface area contributed by atoms with Crippen molar-refractivity contribution in [1.82, 2.24) is 14.7 Å². The average molecular weight is 350 g/mol. The first-order chi connectivity index (χ1) is 10.0. The monoisotopic (exact) mass is 349 g/mol. The molecule has 0 fully saturated rings. The fourth-order valence-corrected chi connectivity index (χ4v) is 2.43. The summed E-state index contributed by atoms with van der Waals surface area (Å²) in [5.74, 6) is 0.0318. The van der Waals surface area contributed by atoms with Gasteiger partial charge < -0.3 is 4.90 Å². The maximum absolute atomic E-state index is 12.4. The lowest BCUT2D eigenvalue weighted by Gasteiger charge is -2.16. The Kier molecular flexibility index (Phi) is 5.17. The lowest BCUT2D eigenvalue weighted by Crippen LogP contribution is -2.28. The van der Waals surface area contributed by atoms with E-state index in [1.165, 1.54) is 0 Å². The van der Waals surface area contributed by atoms with Crippen LogP contribution >= 0.6 is 15.9 Å². The third kappa shape index (κ3) is 3.53. The normalized spacial score (nSPS) is 10.7. The Hall–Kier alpha value is -1.62. The first-order valence-corrected chi connectivity index (χ1v) is 7.90. The molecule has 0 aliphatic carbocycles. The topological polar surface area (TPSA) is 38.1 Å². The summed E-state index contributed by atoms with van der Waals surface area (Å²) in [6, 6.07) is 7.87. The lowest BCUT2D eigenvalue weighted by atomic mass is 10.2. The Balaban J connectivity index is 2.24. The van der Waals surface area contributed by atoms with E-state index in [1.807, 2.05) is 38.2 Å². The van der Waals surface area contributed by atoms with Gasteiger partial charge in [-0.1, -0.05) is 29.3 Å². The first-order valence-electron chi connectivity index (χ1n) is 7.10. The SMILES string of the molecule is CCCCN(C)C(=O)c1cnn(-c2ccc(Br)cc2)c1C. The Morgan fingerprint density at radius 2 is 2.00 bits per heavy atom. The van der Waals surface area contributed by atoms with Gasteiger partial charge in [0.05, 0.1) is 23.1 Å². The van der Waals surface area contributed by atoms with Gasteiger partial charge in [0.15, 0.2) is 0 Å². The van der Waals surface area contributed by atoms with E-state index in [0.29, 0.717) is 5.56 Å². The van der Waals surface area contributed by atoms with Gasteiger partial charge in [-0.2, -0.15) is 5.10 Å². The van der Waals surface area contributed by atoms with Crippen LogP contribution in [0.3, 0.4) is 0 Å². The van der Waals surface area contributed by atoms with Crippen LogP contribution in [0.4, 0.5) is 0 Å². The van der Waals surface area contributed by atoms with Crippen LogP contribution in [-0.2, 0) is 0 Å². The summed E-state index contributed by atoms with van der Waals surface area (Å²) in [6.45, 7) is 4.82. The van der Waals surface area contributed by atoms with Crippen molar-refractivity contribution in [2.75, 3.05) is 13.6 Å². The van der Waals surface area contributed by atoms with Crippen LogP contribution < -0.4 is 0 Å². The molecule has 21 heavy (non-hydrogen) atoms. The van der Waals surface area contributed by atoms with Gasteiger partial charge in [0, 0.05) is 18.1 Å². The minimum Gasteiger partial charge on any atom is -0.342 e. The Morgan fingerprint density at radius 3 is 2.62 bits per heavy atom. The third-order valence-electron chi connectivity index (χ3n) is 3.51. The molecule has 2 aromatic rings. The number of unbranched alkanes of at least 4 members (excludes halogenated alkanes) is 1. The molecular weight excluding hydrogens is 330 g/mol. The highest BCUT2D eigenvalue weighted by Gasteiger charge is 2.18. The molecule has 0 unspecified atom stereocenters. The minimum atomic E-state index is 0.0318. The van der Waals surface area contributed by atoms with E-state index in [2.05, 4.69) is 28.0 Å². The van der Waals surface area contributed by atoms with Crippen LogP contribution in [0.5, 0.6) is 0 Å². The number of halogens is 1. The number of carbonyl (C=O) groups excluding carboxylic acids is 1. The Labute approximate surface area is 133 Å². The average Bonchev–Trinajstić information content (AvgIpc) is 2.86. The number of nitrogens with zero attached hydrogens (tertiary/aromatic N) is 3. The molecule has 0 aliphatic rings. The van der Waals surface area contributed by atoms with E-state index in [0.717, 1.165) is 35.2 Å². The van der Waals surface area contributed by atoms with Crippen LogP contribution in [0.2, 0.25) is 0 Å². The largest absolute Gasteiger partial charge is 0.342 e. The number of carbonyl (C=O) groups is 1. The van der Waals surface area contributed by atoms with Gasteiger partial charge in [0.2, 0.25) is 0 Å². The van der Waals surface area contributed by atoms with Gasteiger partial charge in [-0.3, -0.25) is 4.79 Å². The van der Waals surface area contributed by atoms with Gasteiger partial charge >= 0.3 is 0 Å². The molecule has 1 heterocycles. The number of rotatable bonds is 5.